The van der Waals surface area contributed by atoms with Crippen LogP contribution in [0.4, 0.5) is 13.2 Å². The van der Waals surface area contributed by atoms with Crippen molar-refractivity contribution in [3.8, 4) is 0 Å². The molecule has 1 unspecified atom stereocenters. The molecular formula is C12H14F3NO2. The molecule has 6 heteroatoms. The van der Waals surface area contributed by atoms with Crippen molar-refractivity contribution in [1.82, 2.24) is 0 Å². The number of benzene rings is 1. The molecule has 100 valence electrons. The molecule has 2 N–H and O–H groups in total. The van der Waals surface area contributed by atoms with Gasteiger partial charge in [0, 0.05) is 6.54 Å². The van der Waals surface area contributed by atoms with E-state index < -0.39 is 23.6 Å². The van der Waals surface area contributed by atoms with Crippen LogP contribution in [-0.4, -0.2) is 19.1 Å². The molecule has 1 aromatic carbocycles. The van der Waals surface area contributed by atoms with Gasteiger partial charge < -0.3 is 10.5 Å². The van der Waals surface area contributed by atoms with Gasteiger partial charge in [0.15, 0.2) is 0 Å². The van der Waals surface area contributed by atoms with Crippen molar-refractivity contribution < 1.29 is 22.7 Å². The van der Waals surface area contributed by atoms with Gasteiger partial charge in [0.25, 0.3) is 0 Å². The van der Waals surface area contributed by atoms with Crippen LogP contribution < -0.4 is 5.73 Å². The van der Waals surface area contributed by atoms with Crippen molar-refractivity contribution in [2.24, 2.45) is 5.73 Å². The van der Waals surface area contributed by atoms with Crippen LogP contribution in [-0.2, 0) is 15.7 Å². The molecule has 0 aliphatic heterocycles. The summed E-state index contributed by atoms with van der Waals surface area (Å²) in [5.41, 5.74) is 4.38. The Morgan fingerprint density at radius 1 is 1.39 bits per heavy atom. The van der Waals surface area contributed by atoms with Gasteiger partial charge in [-0.25, -0.2) is 0 Å². The van der Waals surface area contributed by atoms with E-state index in [9.17, 15) is 18.0 Å². The molecular weight excluding hydrogens is 247 g/mol. The largest absolute Gasteiger partial charge is 0.465 e. The lowest BCUT2D eigenvalue weighted by Gasteiger charge is -2.18. The van der Waals surface area contributed by atoms with Crippen molar-refractivity contribution in [2.75, 3.05) is 13.2 Å². The highest BCUT2D eigenvalue weighted by molar-refractivity contribution is 5.79. The van der Waals surface area contributed by atoms with Gasteiger partial charge in [0.1, 0.15) is 0 Å². The molecule has 0 saturated heterocycles. The molecule has 0 fully saturated rings. The number of rotatable bonds is 4. The summed E-state index contributed by atoms with van der Waals surface area (Å²) in [5, 5.41) is 0. The third kappa shape index (κ3) is 3.22. The summed E-state index contributed by atoms with van der Waals surface area (Å²) in [5.74, 6) is -1.83. The minimum absolute atomic E-state index is 0.101. The summed E-state index contributed by atoms with van der Waals surface area (Å²) in [7, 11) is 0. The summed E-state index contributed by atoms with van der Waals surface area (Å²) >= 11 is 0. The molecule has 0 amide bonds. The molecule has 1 aromatic rings. The highest BCUT2D eigenvalue weighted by Gasteiger charge is 2.36. The van der Waals surface area contributed by atoms with Crippen molar-refractivity contribution in [1.29, 1.82) is 0 Å². The molecule has 0 heterocycles. The van der Waals surface area contributed by atoms with Crippen LogP contribution in [0.1, 0.15) is 24.0 Å². The Hall–Kier alpha value is -1.56. The van der Waals surface area contributed by atoms with Gasteiger partial charge in [-0.1, -0.05) is 18.2 Å². The smallest absolute Gasteiger partial charge is 0.416 e. The first kappa shape index (κ1) is 14.5. The van der Waals surface area contributed by atoms with Crippen LogP contribution >= 0.6 is 0 Å². The number of esters is 1. The number of alkyl halides is 3. The van der Waals surface area contributed by atoms with Gasteiger partial charge in [-0.3, -0.25) is 4.79 Å². The standard InChI is InChI=1S/C12H14F3NO2/c1-2-18-11(17)9(7-16)8-5-3-4-6-10(8)12(13,14)15/h3-6,9H,2,7,16H2,1H3. The Labute approximate surface area is 103 Å². The Morgan fingerprint density at radius 3 is 2.50 bits per heavy atom. The minimum atomic E-state index is -4.52. The summed E-state index contributed by atoms with van der Waals surface area (Å²) < 4.78 is 43.1. The highest BCUT2D eigenvalue weighted by Crippen LogP contribution is 2.35. The average molecular weight is 261 g/mol. The zero-order chi connectivity index (χ0) is 13.8. The van der Waals surface area contributed by atoms with E-state index in [1.165, 1.54) is 18.2 Å². The predicted octanol–water partition coefficient (Wildman–Crippen LogP) is 2.31. The van der Waals surface area contributed by atoms with Gasteiger partial charge in [0.05, 0.1) is 18.1 Å². The molecule has 0 aliphatic carbocycles. The molecule has 0 aliphatic rings. The second kappa shape index (κ2) is 5.86. The fourth-order valence-electron chi connectivity index (χ4n) is 1.65. The van der Waals surface area contributed by atoms with Crippen LogP contribution in [0.2, 0.25) is 0 Å². The highest BCUT2D eigenvalue weighted by atomic mass is 19.4. The molecule has 18 heavy (non-hydrogen) atoms. The van der Waals surface area contributed by atoms with Crippen LogP contribution in [0.3, 0.4) is 0 Å². The van der Waals surface area contributed by atoms with Crippen molar-refractivity contribution in [3.63, 3.8) is 0 Å². The zero-order valence-electron chi connectivity index (χ0n) is 9.83. The molecule has 0 radical (unpaired) electrons. The van der Waals surface area contributed by atoms with Gasteiger partial charge in [-0.2, -0.15) is 13.2 Å². The van der Waals surface area contributed by atoms with Crippen LogP contribution in [0, 0.1) is 0 Å². The Morgan fingerprint density at radius 2 is 2.00 bits per heavy atom. The maximum Gasteiger partial charge on any atom is 0.416 e. The van der Waals surface area contributed by atoms with Crippen molar-refractivity contribution in [2.45, 2.75) is 19.0 Å². The summed E-state index contributed by atoms with van der Waals surface area (Å²) in [6, 6.07) is 4.88. The monoisotopic (exact) mass is 261 g/mol. The summed E-state index contributed by atoms with van der Waals surface area (Å²) in [4.78, 5) is 11.6. The lowest BCUT2D eigenvalue weighted by Crippen LogP contribution is -2.26. The van der Waals surface area contributed by atoms with Gasteiger partial charge in [-0.05, 0) is 18.6 Å². The van der Waals surface area contributed by atoms with Gasteiger partial charge in [-0.15, -0.1) is 0 Å². The quantitative estimate of drug-likeness (QED) is 0.846. The van der Waals surface area contributed by atoms with E-state index in [-0.39, 0.29) is 18.7 Å². The van der Waals surface area contributed by atoms with E-state index in [1.807, 2.05) is 0 Å². The first-order chi connectivity index (χ1) is 8.41. The number of carbonyl (C=O) groups excluding carboxylic acids is 1. The number of halogens is 3. The van der Waals surface area contributed by atoms with Gasteiger partial charge >= 0.3 is 12.1 Å². The number of hydrogen-bond donors (Lipinski definition) is 1. The fourth-order valence-corrected chi connectivity index (χ4v) is 1.65. The lowest BCUT2D eigenvalue weighted by atomic mass is 9.94. The van der Waals surface area contributed by atoms with Crippen LogP contribution in [0.5, 0.6) is 0 Å². The van der Waals surface area contributed by atoms with E-state index >= 15 is 0 Å². The van der Waals surface area contributed by atoms with E-state index in [1.54, 1.807) is 6.92 Å². The Balaban J connectivity index is 3.18. The van der Waals surface area contributed by atoms with Crippen molar-refractivity contribution >= 4 is 5.97 Å². The molecule has 0 aromatic heterocycles. The van der Waals surface area contributed by atoms with E-state index in [2.05, 4.69) is 0 Å². The first-order valence-corrected chi connectivity index (χ1v) is 5.44. The SMILES string of the molecule is CCOC(=O)C(CN)c1ccccc1C(F)(F)F. The molecule has 0 spiro atoms. The summed E-state index contributed by atoms with van der Waals surface area (Å²) in [6.45, 7) is 1.45. The first-order valence-electron chi connectivity index (χ1n) is 5.44. The lowest BCUT2D eigenvalue weighted by molar-refractivity contribution is -0.145. The zero-order valence-corrected chi connectivity index (χ0v) is 9.83. The number of nitrogens with two attached hydrogens (primary N) is 1. The number of carbonyl (C=O) groups is 1. The molecule has 0 saturated carbocycles. The summed E-state index contributed by atoms with van der Waals surface area (Å²) in [6.07, 6.45) is -4.52. The van der Waals surface area contributed by atoms with Crippen LogP contribution in [0.15, 0.2) is 24.3 Å². The third-order valence-corrected chi connectivity index (χ3v) is 2.45. The Kier molecular flexibility index (Phi) is 4.72. The van der Waals surface area contributed by atoms with Crippen molar-refractivity contribution in [3.05, 3.63) is 35.4 Å². The predicted molar refractivity (Wildman–Crippen MR) is 59.9 cm³/mol. The van der Waals surface area contributed by atoms with Crippen LogP contribution in [0.25, 0.3) is 0 Å². The minimum Gasteiger partial charge on any atom is -0.465 e. The molecule has 1 rings (SSSR count). The second-order valence-electron chi connectivity index (χ2n) is 3.63. The normalized spacial score (nSPS) is 13.2. The molecule has 1 atom stereocenters. The molecule has 3 nitrogen and oxygen atoms in total. The Bertz CT molecular complexity index is 418. The maximum absolute atomic E-state index is 12.8. The maximum atomic E-state index is 12.8. The number of hydrogen-bond acceptors (Lipinski definition) is 3. The second-order valence-corrected chi connectivity index (χ2v) is 3.63. The topological polar surface area (TPSA) is 52.3 Å². The third-order valence-electron chi connectivity index (χ3n) is 2.45. The number of ether oxygens (including phenoxy) is 1. The average Bonchev–Trinajstić information content (AvgIpc) is 2.29. The van der Waals surface area contributed by atoms with E-state index in [0.29, 0.717) is 0 Å². The van der Waals surface area contributed by atoms with E-state index in [0.717, 1.165) is 6.07 Å². The molecule has 0 bridgehead atoms. The van der Waals surface area contributed by atoms with E-state index in [4.69, 9.17) is 10.5 Å². The van der Waals surface area contributed by atoms with Gasteiger partial charge in [0.2, 0.25) is 0 Å². The fraction of sp³-hybridized carbons (Fsp3) is 0.417.